The Labute approximate surface area is 120 Å². The van der Waals surface area contributed by atoms with Crippen molar-refractivity contribution in [3.8, 4) is 11.8 Å². The van der Waals surface area contributed by atoms with E-state index in [2.05, 4.69) is 29.1 Å². The van der Waals surface area contributed by atoms with Crippen molar-refractivity contribution in [3.63, 3.8) is 0 Å². The molecule has 0 bridgehead atoms. The van der Waals surface area contributed by atoms with Crippen LogP contribution >= 0.6 is 0 Å². The average molecular weight is 271 g/mol. The van der Waals surface area contributed by atoms with Crippen molar-refractivity contribution < 1.29 is 4.79 Å². The Morgan fingerprint density at radius 2 is 2.35 bits per heavy atom. The number of nitrogens with zero attached hydrogens (tertiary/aromatic N) is 1. The molecule has 4 heteroatoms. The molecule has 2 unspecified atom stereocenters. The normalized spacial score (nSPS) is 21.7. The Kier molecular flexibility index (Phi) is 5.14. The minimum atomic E-state index is -0.0620. The highest BCUT2D eigenvalue weighted by atomic mass is 16.1. The number of nitrogens with two attached hydrogens (primary N) is 1. The first-order valence-electron chi connectivity index (χ1n) is 7.14. The molecule has 1 aliphatic carbocycles. The third-order valence-corrected chi connectivity index (χ3v) is 3.61. The van der Waals surface area contributed by atoms with Gasteiger partial charge < -0.3 is 11.1 Å². The van der Waals surface area contributed by atoms with E-state index in [1.165, 1.54) is 12.8 Å². The van der Waals surface area contributed by atoms with Crippen LogP contribution in [0.15, 0.2) is 18.5 Å². The molecule has 1 heterocycles. The van der Waals surface area contributed by atoms with Crippen molar-refractivity contribution >= 4 is 5.91 Å². The Balaban J connectivity index is 2.01. The highest BCUT2D eigenvalue weighted by molar-refractivity contribution is 5.94. The standard InChI is InChI=1S/C16H21N3O/c1-12-4-2-6-15(8-12)19-16(20)14-9-13(5-3-7-17)10-18-11-14/h9-12,15H,2,4,6-8,17H2,1H3,(H,19,20). The van der Waals surface area contributed by atoms with Crippen LogP contribution in [-0.2, 0) is 0 Å². The molecule has 1 aliphatic rings. The first-order chi connectivity index (χ1) is 9.69. The Morgan fingerprint density at radius 3 is 3.10 bits per heavy atom. The summed E-state index contributed by atoms with van der Waals surface area (Å²) in [6, 6.07) is 2.04. The molecule has 1 aromatic rings. The summed E-state index contributed by atoms with van der Waals surface area (Å²) in [7, 11) is 0. The molecule has 1 aromatic heterocycles. The molecule has 0 aliphatic heterocycles. The van der Waals surface area contributed by atoms with Crippen LogP contribution in [0.3, 0.4) is 0 Å². The quantitative estimate of drug-likeness (QED) is 0.804. The van der Waals surface area contributed by atoms with Crippen LogP contribution in [0.4, 0.5) is 0 Å². The number of hydrogen-bond donors (Lipinski definition) is 2. The third kappa shape index (κ3) is 4.07. The van der Waals surface area contributed by atoms with E-state index in [0.29, 0.717) is 18.0 Å². The molecule has 3 N–H and O–H groups in total. The van der Waals surface area contributed by atoms with Crippen LogP contribution in [0.2, 0.25) is 0 Å². The summed E-state index contributed by atoms with van der Waals surface area (Å²) in [4.78, 5) is 16.3. The fraction of sp³-hybridized carbons (Fsp3) is 0.500. The van der Waals surface area contributed by atoms with Crippen molar-refractivity contribution in [2.24, 2.45) is 11.7 Å². The molecule has 1 saturated carbocycles. The number of aromatic nitrogens is 1. The van der Waals surface area contributed by atoms with Crippen molar-refractivity contribution in [2.75, 3.05) is 6.54 Å². The summed E-state index contributed by atoms with van der Waals surface area (Å²) in [5.41, 5.74) is 6.62. The maximum Gasteiger partial charge on any atom is 0.253 e. The lowest BCUT2D eigenvalue weighted by Crippen LogP contribution is -2.38. The molecular weight excluding hydrogens is 250 g/mol. The van der Waals surface area contributed by atoms with E-state index < -0.39 is 0 Å². The fourth-order valence-corrected chi connectivity index (χ4v) is 2.62. The molecular formula is C16H21N3O. The number of amides is 1. The van der Waals surface area contributed by atoms with Gasteiger partial charge in [0.05, 0.1) is 12.1 Å². The minimum Gasteiger partial charge on any atom is -0.349 e. The Morgan fingerprint density at radius 1 is 1.50 bits per heavy atom. The highest BCUT2D eigenvalue weighted by Crippen LogP contribution is 2.23. The smallest absolute Gasteiger partial charge is 0.253 e. The number of pyridine rings is 1. The van der Waals surface area contributed by atoms with Gasteiger partial charge in [0.15, 0.2) is 0 Å². The molecule has 2 atom stereocenters. The predicted molar refractivity (Wildman–Crippen MR) is 79.1 cm³/mol. The summed E-state index contributed by atoms with van der Waals surface area (Å²) >= 11 is 0. The van der Waals surface area contributed by atoms with Crippen molar-refractivity contribution in [3.05, 3.63) is 29.6 Å². The number of rotatable bonds is 2. The minimum absolute atomic E-state index is 0.0620. The van der Waals surface area contributed by atoms with E-state index in [0.717, 1.165) is 18.4 Å². The number of carbonyl (C=O) groups excluding carboxylic acids is 1. The first kappa shape index (κ1) is 14.5. The Hall–Kier alpha value is -1.86. The zero-order valence-corrected chi connectivity index (χ0v) is 11.9. The Bertz CT molecular complexity index is 530. The lowest BCUT2D eigenvalue weighted by molar-refractivity contribution is 0.0921. The topological polar surface area (TPSA) is 68.0 Å². The largest absolute Gasteiger partial charge is 0.349 e. The highest BCUT2D eigenvalue weighted by Gasteiger charge is 2.20. The van der Waals surface area contributed by atoms with Crippen LogP contribution < -0.4 is 11.1 Å². The molecule has 0 saturated heterocycles. The van der Waals surface area contributed by atoms with Gasteiger partial charge in [0, 0.05) is 24.0 Å². The van der Waals surface area contributed by atoms with Gasteiger partial charge in [-0.05, 0) is 24.8 Å². The average Bonchev–Trinajstić information content (AvgIpc) is 2.45. The SMILES string of the molecule is CC1CCCC(NC(=O)c2cncc(C#CCN)c2)C1. The van der Waals surface area contributed by atoms with E-state index >= 15 is 0 Å². The van der Waals surface area contributed by atoms with Crippen LogP contribution in [0.1, 0.15) is 48.5 Å². The summed E-state index contributed by atoms with van der Waals surface area (Å²) in [5, 5.41) is 3.10. The second kappa shape index (κ2) is 7.06. The van der Waals surface area contributed by atoms with Gasteiger partial charge in [0.25, 0.3) is 5.91 Å². The van der Waals surface area contributed by atoms with Crippen LogP contribution in [-0.4, -0.2) is 23.5 Å². The van der Waals surface area contributed by atoms with Gasteiger partial charge in [-0.15, -0.1) is 0 Å². The zero-order valence-electron chi connectivity index (χ0n) is 11.9. The van der Waals surface area contributed by atoms with Gasteiger partial charge >= 0.3 is 0 Å². The van der Waals surface area contributed by atoms with E-state index in [9.17, 15) is 4.79 Å². The van der Waals surface area contributed by atoms with Crippen LogP contribution in [0.5, 0.6) is 0 Å². The molecule has 106 valence electrons. The number of carbonyl (C=O) groups is 1. The summed E-state index contributed by atoms with van der Waals surface area (Å²) in [6.45, 7) is 2.54. The maximum atomic E-state index is 12.2. The van der Waals surface area contributed by atoms with Gasteiger partial charge in [-0.25, -0.2) is 0 Å². The summed E-state index contributed by atoms with van der Waals surface area (Å²) < 4.78 is 0. The lowest BCUT2D eigenvalue weighted by atomic mass is 9.87. The van der Waals surface area contributed by atoms with Crippen LogP contribution in [0.25, 0.3) is 0 Å². The summed E-state index contributed by atoms with van der Waals surface area (Å²) in [5.74, 6) is 6.28. The number of hydrogen-bond acceptors (Lipinski definition) is 3. The molecule has 4 nitrogen and oxygen atoms in total. The second-order valence-corrected chi connectivity index (χ2v) is 5.41. The molecule has 2 rings (SSSR count). The van der Waals surface area contributed by atoms with E-state index in [-0.39, 0.29) is 11.9 Å². The van der Waals surface area contributed by atoms with Gasteiger partial charge in [0.2, 0.25) is 0 Å². The predicted octanol–water partition coefficient (Wildman–Crippen LogP) is 1.70. The van der Waals surface area contributed by atoms with Gasteiger partial charge in [-0.2, -0.15) is 0 Å². The van der Waals surface area contributed by atoms with Gasteiger partial charge in [-0.1, -0.05) is 31.6 Å². The van der Waals surface area contributed by atoms with E-state index in [4.69, 9.17) is 5.73 Å². The zero-order chi connectivity index (χ0) is 14.4. The molecule has 1 fully saturated rings. The van der Waals surface area contributed by atoms with E-state index in [1.807, 2.05) is 0 Å². The fourth-order valence-electron chi connectivity index (χ4n) is 2.62. The van der Waals surface area contributed by atoms with Crippen molar-refractivity contribution in [2.45, 2.75) is 38.6 Å². The van der Waals surface area contributed by atoms with Crippen molar-refractivity contribution in [1.82, 2.24) is 10.3 Å². The first-order valence-corrected chi connectivity index (χ1v) is 7.14. The lowest BCUT2D eigenvalue weighted by Gasteiger charge is -2.27. The van der Waals surface area contributed by atoms with Crippen molar-refractivity contribution in [1.29, 1.82) is 0 Å². The molecule has 20 heavy (non-hydrogen) atoms. The number of nitrogens with one attached hydrogen (secondary N) is 1. The van der Waals surface area contributed by atoms with Crippen LogP contribution in [0, 0.1) is 17.8 Å². The molecule has 0 aromatic carbocycles. The second-order valence-electron chi connectivity index (χ2n) is 5.41. The van der Waals surface area contributed by atoms with Gasteiger partial charge in [-0.3, -0.25) is 9.78 Å². The third-order valence-electron chi connectivity index (χ3n) is 3.61. The van der Waals surface area contributed by atoms with E-state index in [1.54, 1.807) is 18.5 Å². The molecule has 0 radical (unpaired) electrons. The summed E-state index contributed by atoms with van der Waals surface area (Å²) in [6.07, 6.45) is 7.80. The van der Waals surface area contributed by atoms with Gasteiger partial charge in [0.1, 0.15) is 0 Å². The maximum absolute atomic E-state index is 12.2. The monoisotopic (exact) mass is 271 g/mol. The molecule has 0 spiro atoms. The molecule has 1 amide bonds.